The average Bonchev–Trinajstić information content (AvgIpc) is 3.21. The number of hydrogen-bond donors (Lipinski definition) is 2. The van der Waals surface area contributed by atoms with Gasteiger partial charge >= 0.3 is 0 Å². The molecule has 8 heteroatoms. The van der Waals surface area contributed by atoms with E-state index in [9.17, 15) is 9.18 Å². The number of piperidine rings is 1. The number of amides is 1. The van der Waals surface area contributed by atoms with Gasteiger partial charge in [0.2, 0.25) is 0 Å². The zero-order valence-electron chi connectivity index (χ0n) is 17.2. The Balaban J connectivity index is 0.00000272. The van der Waals surface area contributed by atoms with Crippen LogP contribution in [0.15, 0.2) is 48.7 Å². The fraction of sp³-hybridized carbons (Fsp3) is 0.304. The van der Waals surface area contributed by atoms with Crippen molar-refractivity contribution in [2.24, 2.45) is 0 Å². The molecule has 1 aliphatic rings. The van der Waals surface area contributed by atoms with E-state index in [1.54, 1.807) is 18.3 Å². The summed E-state index contributed by atoms with van der Waals surface area (Å²) in [5, 5.41) is 11.5. The van der Waals surface area contributed by atoms with Crippen LogP contribution in [-0.4, -0.2) is 28.8 Å². The van der Waals surface area contributed by atoms with Crippen LogP contribution in [0.3, 0.4) is 0 Å². The number of hydrogen-bond acceptors (Lipinski definition) is 3. The van der Waals surface area contributed by atoms with Crippen LogP contribution >= 0.6 is 24.0 Å². The summed E-state index contributed by atoms with van der Waals surface area (Å²) in [5.74, 6) is -0.256. The maximum absolute atomic E-state index is 13.1. The van der Waals surface area contributed by atoms with Gasteiger partial charge in [-0.05, 0) is 68.2 Å². The van der Waals surface area contributed by atoms with Crippen LogP contribution < -0.4 is 10.6 Å². The molecule has 0 unspecified atom stereocenters. The molecule has 2 aromatic carbocycles. The standard InChI is InChI=1S/C23H24ClFN4O.ClH/c1-15-2-7-19(12-21(15)24)29-22(17-8-10-26-11-9-17)20(14-28-29)23(30)27-13-16-3-5-18(25)6-4-16;/h2-7,12,14,17,26H,8-11,13H2,1H3,(H,27,30);1H. The lowest BCUT2D eigenvalue weighted by atomic mass is 9.91. The van der Waals surface area contributed by atoms with E-state index in [0.717, 1.165) is 48.4 Å². The van der Waals surface area contributed by atoms with Crippen molar-refractivity contribution in [2.45, 2.75) is 32.2 Å². The Labute approximate surface area is 192 Å². The second kappa shape index (κ2) is 10.3. The summed E-state index contributed by atoms with van der Waals surface area (Å²) in [5.41, 5.74) is 4.16. The van der Waals surface area contributed by atoms with Crippen molar-refractivity contribution in [3.05, 3.63) is 81.9 Å². The van der Waals surface area contributed by atoms with Gasteiger partial charge in [-0.25, -0.2) is 9.07 Å². The van der Waals surface area contributed by atoms with Gasteiger partial charge in [-0.2, -0.15) is 5.10 Å². The van der Waals surface area contributed by atoms with Gasteiger partial charge in [0.15, 0.2) is 0 Å². The Hall–Kier alpha value is -2.41. The smallest absolute Gasteiger partial charge is 0.255 e. The molecule has 31 heavy (non-hydrogen) atoms. The molecule has 1 aromatic heterocycles. The van der Waals surface area contributed by atoms with Crippen molar-refractivity contribution in [3.8, 4) is 5.69 Å². The topological polar surface area (TPSA) is 59.0 Å². The van der Waals surface area contributed by atoms with Crippen molar-refractivity contribution in [2.75, 3.05) is 13.1 Å². The highest BCUT2D eigenvalue weighted by atomic mass is 35.5. The summed E-state index contributed by atoms with van der Waals surface area (Å²) >= 11 is 6.34. The minimum atomic E-state index is -0.295. The molecule has 0 bridgehead atoms. The van der Waals surface area contributed by atoms with E-state index in [1.807, 2.05) is 29.8 Å². The Morgan fingerprint density at radius 1 is 1.23 bits per heavy atom. The number of carbonyl (C=O) groups excluding carboxylic acids is 1. The summed E-state index contributed by atoms with van der Waals surface area (Å²) in [6.07, 6.45) is 3.50. The number of rotatable bonds is 5. The molecular formula is C23H25Cl2FN4O. The molecule has 3 aromatic rings. The summed E-state index contributed by atoms with van der Waals surface area (Å²) < 4.78 is 15.0. The summed E-state index contributed by atoms with van der Waals surface area (Å²) in [4.78, 5) is 13.0. The lowest BCUT2D eigenvalue weighted by molar-refractivity contribution is 0.0949. The third-order valence-corrected chi connectivity index (χ3v) is 5.95. The fourth-order valence-electron chi connectivity index (χ4n) is 3.82. The van der Waals surface area contributed by atoms with Crippen LogP contribution in [-0.2, 0) is 6.54 Å². The molecule has 1 amide bonds. The van der Waals surface area contributed by atoms with E-state index in [1.165, 1.54) is 12.1 Å². The van der Waals surface area contributed by atoms with Crippen LogP contribution in [0, 0.1) is 12.7 Å². The quantitative estimate of drug-likeness (QED) is 0.572. The largest absolute Gasteiger partial charge is 0.348 e. The molecule has 2 heterocycles. The second-order valence-corrected chi connectivity index (χ2v) is 8.03. The number of nitrogens with one attached hydrogen (secondary N) is 2. The first-order valence-electron chi connectivity index (χ1n) is 10.1. The molecule has 0 radical (unpaired) electrons. The fourth-order valence-corrected chi connectivity index (χ4v) is 3.99. The molecule has 5 nitrogen and oxygen atoms in total. The highest BCUT2D eigenvalue weighted by Crippen LogP contribution is 2.31. The number of carbonyl (C=O) groups is 1. The van der Waals surface area contributed by atoms with E-state index >= 15 is 0 Å². The van der Waals surface area contributed by atoms with E-state index in [2.05, 4.69) is 15.7 Å². The Kier molecular flexibility index (Phi) is 7.70. The number of benzene rings is 2. The summed E-state index contributed by atoms with van der Waals surface area (Å²) in [6.45, 7) is 4.09. The molecule has 0 spiro atoms. The van der Waals surface area contributed by atoms with E-state index in [4.69, 9.17) is 11.6 Å². The normalized spacial score (nSPS) is 14.2. The van der Waals surface area contributed by atoms with Crippen molar-refractivity contribution in [3.63, 3.8) is 0 Å². The van der Waals surface area contributed by atoms with Crippen molar-refractivity contribution < 1.29 is 9.18 Å². The molecule has 0 atom stereocenters. The minimum absolute atomic E-state index is 0. The maximum atomic E-state index is 13.1. The molecule has 4 rings (SSSR count). The monoisotopic (exact) mass is 462 g/mol. The Bertz CT molecular complexity index is 1050. The number of aromatic nitrogens is 2. The molecule has 1 saturated heterocycles. The lowest BCUT2D eigenvalue weighted by Gasteiger charge is -2.25. The van der Waals surface area contributed by atoms with Gasteiger partial charge in [0.1, 0.15) is 5.82 Å². The van der Waals surface area contributed by atoms with Crippen molar-refractivity contribution in [1.82, 2.24) is 20.4 Å². The van der Waals surface area contributed by atoms with Crippen LogP contribution in [0.4, 0.5) is 4.39 Å². The summed E-state index contributed by atoms with van der Waals surface area (Å²) in [7, 11) is 0. The zero-order chi connectivity index (χ0) is 21.1. The van der Waals surface area contributed by atoms with Crippen LogP contribution in [0.1, 0.15) is 45.9 Å². The Morgan fingerprint density at radius 3 is 2.61 bits per heavy atom. The predicted molar refractivity (Wildman–Crippen MR) is 123 cm³/mol. The first kappa shape index (κ1) is 23.3. The third-order valence-electron chi connectivity index (χ3n) is 5.54. The van der Waals surface area contributed by atoms with Gasteiger partial charge in [0.05, 0.1) is 23.1 Å². The molecule has 0 saturated carbocycles. The van der Waals surface area contributed by atoms with Gasteiger partial charge in [0.25, 0.3) is 5.91 Å². The minimum Gasteiger partial charge on any atom is -0.348 e. The first-order chi connectivity index (χ1) is 14.5. The van der Waals surface area contributed by atoms with Gasteiger partial charge < -0.3 is 10.6 Å². The number of aryl methyl sites for hydroxylation is 1. The average molecular weight is 463 g/mol. The van der Waals surface area contributed by atoms with E-state index in [-0.39, 0.29) is 30.0 Å². The maximum Gasteiger partial charge on any atom is 0.255 e. The molecule has 1 aliphatic heterocycles. The van der Waals surface area contributed by atoms with Gasteiger partial charge in [-0.1, -0.05) is 29.8 Å². The SMILES string of the molecule is Cc1ccc(-n2ncc(C(=O)NCc3ccc(F)cc3)c2C2CCNCC2)cc1Cl.Cl. The second-order valence-electron chi connectivity index (χ2n) is 7.62. The molecular weight excluding hydrogens is 438 g/mol. The van der Waals surface area contributed by atoms with E-state index in [0.29, 0.717) is 17.1 Å². The third kappa shape index (κ3) is 5.26. The molecule has 1 fully saturated rings. The summed E-state index contributed by atoms with van der Waals surface area (Å²) in [6, 6.07) is 11.9. The van der Waals surface area contributed by atoms with Crippen LogP contribution in [0.2, 0.25) is 5.02 Å². The highest BCUT2D eigenvalue weighted by Gasteiger charge is 2.27. The van der Waals surface area contributed by atoms with Crippen LogP contribution in [0.5, 0.6) is 0 Å². The highest BCUT2D eigenvalue weighted by molar-refractivity contribution is 6.31. The molecule has 0 aliphatic carbocycles. The zero-order valence-corrected chi connectivity index (χ0v) is 18.8. The van der Waals surface area contributed by atoms with Crippen LogP contribution in [0.25, 0.3) is 5.69 Å². The predicted octanol–water partition coefficient (Wildman–Crippen LogP) is 4.79. The van der Waals surface area contributed by atoms with Crippen molar-refractivity contribution >= 4 is 29.9 Å². The number of nitrogens with zero attached hydrogens (tertiary/aromatic N) is 2. The van der Waals surface area contributed by atoms with Gasteiger partial charge in [-0.3, -0.25) is 4.79 Å². The number of halogens is 3. The first-order valence-corrected chi connectivity index (χ1v) is 10.5. The van der Waals surface area contributed by atoms with Gasteiger partial charge in [0, 0.05) is 17.5 Å². The molecule has 164 valence electrons. The van der Waals surface area contributed by atoms with E-state index < -0.39 is 0 Å². The Morgan fingerprint density at radius 2 is 1.94 bits per heavy atom. The lowest BCUT2D eigenvalue weighted by Crippen LogP contribution is -2.30. The van der Waals surface area contributed by atoms with Crippen molar-refractivity contribution in [1.29, 1.82) is 0 Å². The molecule has 2 N–H and O–H groups in total. The van der Waals surface area contributed by atoms with Gasteiger partial charge in [-0.15, -0.1) is 12.4 Å².